The lowest BCUT2D eigenvalue weighted by Gasteiger charge is -2.20. The molecule has 2 aliphatic heterocycles. The number of fused-ring (bicyclic) bond motifs is 2. The van der Waals surface area contributed by atoms with Gasteiger partial charge in [0.25, 0.3) is 0 Å². The van der Waals surface area contributed by atoms with Crippen molar-refractivity contribution in [2.24, 2.45) is 0 Å². The number of methoxy groups -OCH3 is 2. The number of benzene rings is 3. The fourth-order valence-corrected chi connectivity index (χ4v) is 4.45. The van der Waals surface area contributed by atoms with Crippen molar-refractivity contribution in [1.29, 1.82) is 0 Å². The largest absolute Gasteiger partial charge is 0.496 e. The molecule has 3 aromatic rings. The molecular weight excluding hydrogens is 488 g/mol. The van der Waals surface area contributed by atoms with Gasteiger partial charge in [-0.3, -0.25) is 4.79 Å². The second-order valence-electron chi connectivity index (χ2n) is 8.07. The smallest absolute Gasteiger partial charge is 0.351 e. The summed E-state index contributed by atoms with van der Waals surface area (Å²) in [6.45, 7) is 2.20. The van der Waals surface area contributed by atoms with Crippen molar-refractivity contribution in [3.63, 3.8) is 0 Å². The zero-order valence-corrected chi connectivity index (χ0v) is 20.4. The molecule has 0 atom stereocenters. The van der Waals surface area contributed by atoms with E-state index < -0.39 is 5.97 Å². The molecule has 0 aromatic heterocycles. The minimum atomic E-state index is -0.673. The van der Waals surface area contributed by atoms with Gasteiger partial charge in [0, 0.05) is 22.2 Å². The maximum Gasteiger partial charge on any atom is 0.351 e. The molecule has 0 saturated heterocycles. The van der Waals surface area contributed by atoms with Crippen LogP contribution >= 0.6 is 11.6 Å². The van der Waals surface area contributed by atoms with Gasteiger partial charge in [0.05, 0.1) is 26.4 Å². The molecule has 9 heteroatoms. The van der Waals surface area contributed by atoms with Crippen LogP contribution in [0.3, 0.4) is 0 Å². The maximum absolute atomic E-state index is 13.2. The fraction of sp³-hybridized carbons (Fsp3) is 0.185. The van der Waals surface area contributed by atoms with Gasteiger partial charge in [0.1, 0.15) is 34.3 Å². The van der Waals surface area contributed by atoms with Crippen molar-refractivity contribution < 1.29 is 38.0 Å². The summed E-state index contributed by atoms with van der Waals surface area (Å²) >= 11 is 6.25. The van der Waals surface area contributed by atoms with E-state index in [0.29, 0.717) is 45.6 Å². The molecule has 0 amide bonds. The Morgan fingerprint density at radius 1 is 1.08 bits per heavy atom. The SMILES string of the molecule is COc1cccc(OC)c1C(=O)Oc1cc(C)c2c(c1)O/C(=C\c1cc(Cl)cc3c1OCOC3)C2=O. The minimum absolute atomic E-state index is 0.0996. The van der Waals surface area contributed by atoms with E-state index in [1.807, 2.05) is 0 Å². The molecule has 5 rings (SSSR count). The summed E-state index contributed by atoms with van der Waals surface area (Å²) in [5, 5.41) is 0.481. The van der Waals surface area contributed by atoms with Crippen molar-refractivity contribution in [2.45, 2.75) is 13.5 Å². The molecule has 0 aliphatic carbocycles. The second-order valence-corrected chi connectivity index (χ2v) is 8.51. The van der Waals surface area contributed by atoms with Crippen LogP contribution in [-0.4, -0.2) is 32.8 Å². The van der Waals surface area contributed by atoms with Crippen molar-refractivity contribution in [3.8, 4) is 28.7 Å². The van der Waals surface area contributed by atoms with Gasteiger partial charge >= 0.3 is 5.97 Å². The summed E-state index contributed by atoms with van der Waals surface area (Å²) in [6.07, 6.45) is 1.59. The van der Waals surface area contributed by atoms with Gasteiger partial charge in [-0.25, -0.2) is 4.79 Å². The zero-order valence-electron chi connectivity index (χ0n) is 19.7. The van der Waals surface area contributed by atoms with Crippen molar-refractivity contribution >= 4 is 29.4 Å². The third kappa shape index (κ3) is 4.25. The standard InChI is InChI=1S/C27H21ClO8/c1-14-7-18(35-27(30)24-19(31-2)5-4-6-20(24)32-3)11-21-23(14)25(29)22(36-21)10-15-8-17(28)9-16-12-33-13-34-26(15)16/h4-11H,12-13H2,1-3H3/b22-10-. The van der Waals surface area contributed by atoms with Gasteiger partial charge in [0.2, 0.25) is 5.78 Å². The predicted octanol–water partition coefficient (Wildman–Crippen LogP) is 5.37. The zero-order chi connectivity index (χ0) is 25.4. The average molecular weight is 509 g/mol. The van der Waals surface area contributed by atoms with Crippen molar-refractivity contribution in [1.82, 2.24) is 0 Å². The Bertz CT molecular complexity index is 1400. The molecule has 36 heavy (non-hydrogen) atoms. The van der Waals surface area contributed by atoms with Crippen molar-refractivity contribution in [2.75, 3.05) is 21.0 Å². The Labute approximate surface area is 211 Å². The molecule has 2 aliphatic rings. The summed E-state index contributed by atoms with van der Waals surface area (Å²) in [5.74, 6) is 0.823. The monoisotopic (exact) mass is 508 g/mol. The van der Waals surface area contributed by atoms with Crippen LogP contribution in [-0.2, 0) is 11.3 Å². The predicted molar refractivity (Wildman–Crippen MR) is 130 cm³/mol. The first-order valence-corrected chi connectivity index (χ1v) is 11.3. The summed E-state index contributed by atoms with van der Waals surface area (Å²) in [6, 6.07) is 11.5. The average Bonchev–Trinajstić information content (AvgIpc) is 3.18. The van der Waals surface area contributed by atoms with Gasteiger partial charge in [0.15, 0.2) is 12.6 Å². The van der Waals surface area contributed by atoms with E-state index in [9.17, 15) is 9.59 Å². The maximum atomic E-state index is 13.2. The van der Waals surface area contributed by atoms with Gasteiger partial charge in [-0.05, 0) is 48.9 Å². The van der Waals surface area contributed by atoms with Gasteiger partial charge < -0.3 is 28.4 Å². The van der Waals surface area contributed by atoms with Crippen LogP contribution in [0.1, 0.15) is 37.4 Å². The van der Waals surface area contributed by atoms with E-state index in [1.165, 1.54) is 20.3 Å². The molecule has 2 heterocycles. The van der Waals surface area contributed by atoms with Crippen LogP contribution in [0.4, 0.5) is 0 Å². The van der Waals surface area contributed by atoms with Crippen LogP contribution < -0.4 is 23.7 Å². The van der Waals surface area contributed by atoms with Crippen LogP contribution in [0, 0.1) is 6.92 Å². The van der Waals surface area contributed by atoms with Gasteiger partial charge in [-0.15, -0.1) is 0 Å². The highest BCUT2D eigenvalue weighted by molar-refractivity contribution is 6.31. The van der Waals surface area contributed by atoms with E-state index >= 15 is 0 Å². The number of carbonyl (C=O) groups is 2. The first-order chi connectivity index (χ1) is 17.4. The summed E-state index contributed by atoms with van der Waals surface area (Å²) in [5.41, 5.74) is 2.50. The number of hydrogen-bond donors (Lipinski definition) is 0. The number of ether oxygens (including phenoxy) is 6. The van der Waals surface area contributed by atoms with Crippen LogP contribution in [0.2, 0.25) is 5.02 Å². The number of Topliss-reactive ketones (excluding diaryl/α,β-unsaturated/α-hetero) is 1. The molecule has 0 radical (unpaired) electrons. The molecule has 0 spiro atoms. The number of carbonyl (C=O) groups excluding carboxylic acids is 2. The lowest BCUT2D eigenvalue weighted by atomic mass is 10.0. The highest BCUT2D eigenvalue weighted by Gasteiger charge is 2.31. The van der Waals surface area contributed by atoms with E-state index in [-0.39, 0.29) is 35.4 Å². The Morgan fingerprint density at radius 3 is 2.56 bits per heavy atom. The third-order valence-electron chi connectivity index (χ3n) is 5.78. The summed E-state index contributed by atoms with van der Waals surface area (Å²) < 4.78 is 33.0. The number of rotatable bonds is 5. The molecule has 8 nitrogen and oxygen atoms in total. The molecule has 0 saturated carbocycles. The van der Waals surface area contributed by atoms with E-state index in [4.69, 9.17) is 40.0 Å². The summed E-state index contributed by atoms with van der Waals surface area (Å²) in [4.78, 5) is 26.1. The van der Waals surface area contributed by atoms with E-state index in [1.54, 1.807) is 49.4 Å². The van der Waals surface area contributed by atoms with Crippen LogP contribution in [0.5, 0.6) is 28.7 Å². The second kappa shape index (κ2) is 9.56. The Balaban J connectivity index is 1.46. The lowest BCUT2D eigenvalue weighted by Crippen LogP contribution is -2.12. The van der Waals surface area contributed by atoms with Gasteiger partial charge in [-0.2, -0.15) is 0 Å². The Hall–Kier alpha value is -4.01. The van der Waals surface area contributed by atoms with Gasteiger partial charge in [-0.1, -0.05) is 17.7 Å². The summed E-state index contributed by atoms with van der Waals surface area (Å²) in [7, 11) is 2.90. The molecular formula is C27H21ClO8. The van der Waals surface area contributed by atoms with Crippen LogP contribution in [0.15, 0.2) is 48.2 Å². The quantitative estimate of drug-likeness (QED) is 0.258. The number of ketones is 1. The molecule has 0 fully saturated rings. The number of halogens is 1. The fourth-order valence-electron chi connectivity index (χ4n) is 4.20. The highest BCUT2D eigenvalue weighted by Crippen LogP contribution is 2.40. The van der Waals surface area contributed by atoms with Crippen LogP contribution in [0.25, 0.3) is 6.08 Å². The normalized spacial score (nSPS) is 15.0. The number of allylic oxidation sites excluding steroid dienone is 1. The van der Waals surface area contributed by atoms with E-state index in [2.05, 4.69) is 0 Å². The molecule has 0 N–H and O–H groups in total. The number of esters is 1. The van der Waals surface area contributed by atoms with Crippen molar-refractivity contribution in [3.05, 3.63) is 81.1 Å². The third-order valence-corrected chi connectivity index (χ3v) is 5.99. The Morgan fingerprint density at radius 2 is 1.83 bits per heavy atom. The first kappa shape index (κ1) is 23.7. The number of hydrogen-bond acceptors (Lipinski definition) is 8. The number of aryl methyl sites for hydroxylation is 1. The molecule has 0 bridgehead atoms. The minimum Gasteiger partial charge on any atom is -0.496 e. The Kier molecular flexibility index (Phi) is 6.30. The lowest BCUT2D eigenvalue weighted by molar-refractivity contribution is -0.0165. The first-order valence-electron chi connectivity index (χ1n) is 10.9. The highest BCUT2D eigenvalue weighted by atomic mass is 35.5. The topological polar surface area (TPSA) is 89.5 Å². The van der Waals surface area contributed by atoms with E-state index in [0.717, 1.165) is 5.56 Å². The molecule has 184 valence electrons. The molecule has 0 unspecified atom stereocenters. The molecule has 3 aromatic carbocycles.